The Balaban J connectivity index is 0.589. The number of hydrogen-bond donors (Lipinski definition) is 0. The first kappa shape index (κ1) is 69.8. The van der Waals surface area contributed by atoms with Crippen LogP contribution in [0.1, 0.15) is 0 Å². The summed E-state index contributed by atoms with van der Waals surface area (Å²) in [5, 5.41) is 16.6. The Hall–Kier alpha value is -16.4. The lowest BCUT2D eigenvalue weighted by Gasteiger charge is -2.27. The van der Waals surface area contributed by atoms with Gasteiger partial charge in [0.25, 0.3) is 0 Å². The van der Waals surface area contributed by atoms with Crippen LogP contribution in [0.2, 0.25) is 0 Å². The third kappa shape index (κ3) is 12.1. The Kier molecular flexibility index (Phi) is 16.5. The van der Waals surface area contributed by atoms with Gasteiger partial charge in [0, 0.05) is 90.0 Å². The zero-order chi connectivity index (χ0) is 80.3. The van der Waals surface area contributed by atoms with Crippen LogP contribution >= 0.6 is 0 Å². The standard InChI is InChI=1S/C114H72N8/c1-5-19-81-65-85(35-31-73(81)15-1)89-43-59-105-99(69-89)100-70-90(86-36-32-74-16-2-6-20-82(74)66-86)44-60-106(100)121(105)97-55-51-95(52-56-97)119(109-29-11-23-77-25-13-63-115-111(77)109)93-47-39-79(40-48-93)113-114(118-104-28-10-9-27-103(104)117-113)80-41-49-94(50-42-80)120(110-30-12-24-78-26-14-64-116-112(78)110)96-53-57-98(58-54-96)122-107-61-45-91(87-37-33-75-17-3-7-21-83(75)67-87)71-101(107)102-72-92(46-62-108(102)122)88-38-34-76-18-4-8-22-84(76)68-88/h1-72H. The van der Waals surface area contributed by atoms with Gasteiger partial charge in [-0.3, -0.25) is 9.97 Å². The van der Waals surface area contributed by atoms with E-state index in [0.717, 1.165) is 123 Å². The second-order valence-corrected chi connectivity index (χ2v) is 31.8. The number of anilines is 6. The summed E-state index contributed by atoms with van der Waals surface area (Å²) in [4.78, 5) is 25.8. The first-order chi connectivity index (χ1) is 60.4. The van der Waals surface area contributed by atoms with E-state index >= 15 is 0 Å². The number of hydrogen-bond acceptors (Lipinski definition) is 6. The molecule has 0 aliphatic heterocycles. The summed E-state index contributed by atoms with van der Waals surface area (Å²) < 4.78 is 4.84. The van der Waals surface area contributed by atoms with Gasteiger partial charge in [-0.05, 0) is 270 Å². The third-order valence-corrected chi connectivity index (χ3v) is 24.7. The van der Waals surface area contributed by atoms with Crippen LogP contribution < -0.4 is 9.80 Å². The molecule has 8 nitrogen and oxygen atoms in total. The molecule has 0 atom stereocenters. The summed E-state index contributed by atoms with van der Waals surface area (Å²) in [7, 11) is 0. The van der Waals surface area contributed by atoms with E-state index in [1.807, 2.05) is 48.8 Å². The molecule has 0 aliphatic rings. The van der Waals surface area contributed by atoms with Gasteiger partial charge < -0.3 is 18.9 Å². The predicted octanol–water partition coefficient (Wildman–Crippen LogP) is 30.5. The molecule has 19 aromatic carbocycles. The molecule has 24 aromatic rings. The molecule has 0 amide bonds. The predicted molar refractivity (Wildman–Crippen MR) is 511 cm³/mol. The van der Waals surface area contributed by atoms with Gasteiger partial charge in [0.15, 0.2) is 0 Å². The smallest absolute Gasteiger partial charge is 0.0973 e. The maximum absolute atomic E-state index is 5.49. The second kappa shape index (κ2) is 28.7. The van der Waals surface area contributed by atoms with Crippen molar-refractivity contribution in [3.8, 4) is 78.4 Å². The number of benzene rings is 19. The lowest BCUT2D eigenvalue weighted by molar-refractivity contribution is 1.17. The van der Waals surface area contributed by atoms with E-state index in [-0.39, 0.29) is 0 Å². The van der Waals surface area contributed by atoms with Crippen molar-refractivity contribution in [2.24, 2.45) is 0 Å². The molecule has 8 heteroatoms. The molecule has 0 spiro atoms. The van der Waals surface area contributed by atoms with Crippen LogP contribution in [0.4, 0.5) is 34.1 Å². The average Bonchev–Trinajstić information content (AvgIpc) is 1.61. The lowest BCUT2D eigenvalue weighted by atomic mass is 9.98. The van der Waals surface area contributed by atoms with E-state index in [1.54, 1.807) is 0 Å². The monoisotopic (exact) mass is 1550 g/mol. The summed E-state index contributed by atoms with van der Waals surface area (Å²) in [5.41, 5.74) is 28.7. The summed E-state index contributed by atoms with van der Waals surface area (Å²) in [6.45, 7) is 0. The summed E-state index contributed by atoms with van der Waals surface area (Å²) in [5.74, 6) is 0. The van der Waals surface area contributed by atoms with E-state index in [1.165, 1.54) is 109 Å². The molecular formula is C114H72N8. The first-order valence-corrected chi connectivity index (χ1v) is 41.5. The fraction of sp³-hybridized carbons (Fsp3) is 0. The quantitative estimate of drug-likeness (QED) is 0.108. The molecule has 122 heavy (non-hydrogen) atoms. The molecule has 0 unspecified atom stereocenters. The van der Waals surface area contributed by atoms with Crippen molar-refractivity contribution in [2.75, 3.05) is 9.80 Å². The number of pyridine rings is 2. The first-order valence-electron chi connectivity index (χ1n) is 41.5. The van der Waals surface area contributed by atoms with Crippen LogP contribution in [-0.2, 0) is 0 Å². The van der Waals surface area contributed by atoms with E-state index < -0.39 is 0 Å². The van der Waals surface area contributed by atoms with Gasteiger partial charge in [0.05, 0.1) is 66.9 Å². The van der Waals surface area contributed by atoms with Crippen molar-refractivity contribution in [1.82, 2.24) is 29.1 Å². The largest absolute Gasteiger partial charge is 0.309 e. The molecule has 5 aromatic heterocycles. The van der Waals surface area contributed by atoms with Crippen molar-refractivity contribution in [1.29, 1.82) is 0 Å². The topological polar surface area (TPSA) is 67.9 Å². The lowest BCUT2D eigenvalue weighted by Crippen LogP contribution is -2.11. The zero-order valence-corrected chi connectivity index (χ0v) is 66.1. The Bertz CT molecular complexity index is 7560. The molecule has 5 heterocycles. The SMILES string of the molecule is c1ccc2cc(-c3ccc4c(c3)c3cc(-c5ccc6ccccc6c5)ccc3n4-c3ccc(N(c4ccc(-c5nc6ccccc6nc5-c5ccc(N(c6ccc(-n7c8ccc(-c9ccc%10ccccc%10c9)cc8c8cc(-c9ccc%10ccccc%10c9)ccc87)cc6)c6cccc7cccnc67)cc5)cc4)c4cccc5cccnc45)cc3)ccc2c1. The highest BCUT2D eigenvalue weighted by Crippen LogP contribution is 2.47. The highest BCUT2D eigenvalue weighted by Gasteiger charge is 2.25. The van der Waals surface area contributed by atoms with Crippen molar-refractivity contribution in [3.63, 3.8) is 0 Å². The van der Waals surface area contributed by atoms with Crippen molar-refractivity contribution in [3.05, 3.63) is 437 Å². The van der Waals surface area contributed by atoms with Gasteiger partial charge in [-0.2, -0.15) is 0 Å². The minimum Gasteiger partial charge on any atom is -0.309 e. The molecular weight excluding hydrogens is 1480 g/mol. The molecule has 24 rings (SSSR count). The number of rotatable bonds is 14. The van der Waals surface area contributed by atoms with Gasteiger partial charge >= 0.3 is 0 Å². The van der Waals surface area contributed by atoms with Gasteiger partial charge in [0.2, 0.25) is 0 Å². The van der Waals surface area contributed by atoms with Gasteiger partial charge in [0.1, 0.15) is 0 Å². The molecule has 0 aliphatic carbocycles. The maximum atomic E-state index is 5.49. The van der Waals surface area contributed by atoms with Gasteiger partial charge in [-0.15, -0.1) is 0 Å². The molecule has 0 saturated carbocycles. The fourth-order valence-corrected chi connectivity index (χ4v) is 18.6. The molecule has 0 fully saturated rings. The van der Waals surface area contributed by atoms with Crippen LogP contribution in [0.15, 0.2) is 437 Å². The Morgan fingerprint density at radius 3 is 0.762 bits per heavy atom. The number of para-hydroxylation sites is 4. The summed E-state index contributed by atoms with van der Waals surface area (Å²) >= 11 is 0. The van der Waals surface area contributed by atoms with Crippen molar-refractivity contribution in [2.45, 2.75) is 0 Å². The van der Waals surface area contributed by atoms with Gasteiger partial charge in [-0.1, -0.05) is 243 Å². The molecule has 0 radical (unpaired) electrons. The van der Waals surface area contributed by atoms with Crippen LogP contribution in [0, 0.1) is 0 Å². The Morgan fingerprint density at radius 1 is 0.189 bits per heavy atom. The van der Waals surface area contributed by atoms with Crippen LogP contribution in [0.3, 0.4) is 0 Å². The third-order valence-electron chi connectivity index (χ3n) is 24.7. The minimum absolute atomic E-state index is 0.774. The average molecular weight is 1550 g/mol. The Morgan fingerprint density at radius 2 is 0.443 bits per heavy atom. The highest BCUT2D eigenvalue weighted by atomic mass is 15.2. The van der Waals surface area contributed by atoms with Crippen LogP contribution in [0.25, 0.3) is 198 Å². The van der Waals surface area contributed by atoms with Crippen molar-refractivity contribution >= 4 is 154 Å². The van der Waals surface area contributed by atoms with Crippen LogP contribution in [-0.4, -0.2) is 29.1 Å². The van der Waals surface area contributed by atoms with E-state index in [4.69, 9.17) is 19.9 Å². The highest BCUT2D eigenvalue weighted by molar-refractivity contribution is 6.14. The number of nitrogens with zero attached hydrogens (tertiary/aromatic N) is 8. The van der Waals surface area contributed by atoms with Crippen molar-refractivity contribution < 1.29 is 0 Å². The van der Waals surface area contributed by atoms with E-state index in [9.17, 15) is 0 Å². The second-order valence-electron chi connectivity index (χ2n) is 31.8. The zero-order valence-electron chi connectivity index (χ0n) is 66.1. The normalized spacial score (nSPS) is 11.8. The number of fused-ring (bicyclic) bond motifs is 13. The molecule has 568 valence electrons. The van der Waals surface area contributed by atoms with Gasteiger partial charge in [-0.25, -0.2) is 9.97 Å². The maximum Gasteiger partial charge on any atom is 0.0973 e. The molecule has 0 bridgehead atoms. The number of aromatic nitrogens is 6. The summed E-state index contributed by atoms with van der Waals surface area (Å²) in [6.07, 6.45) is 3.77. The Labute approximate surface area is 703 Å². The fourth-order valence-electron chi connectivity index (χ4n) is 18.6. The molecule has 0 saturated heterocycles. The minimum atomic E-state index is 0.774. The van der Waals surface area contributed by atoms with E-state index in [2.05, 4.69) is 407 Å². The van der Waals surface area contributed by atoms with E-state index in [0.29, 0.717) is 0 Å². The van der Waals surface area contributed by atoms with Crippen LogP contribution in [0.5, 0.6) is 0 Å². The summed E-state index contributed by atoms with van der Waals surface area (Å²) in [6, 6.07) is 154. The molecule has 0 N–H and O–H groups in total.